The highest BCUT2D eigenvalue weighted by Crippen LogP contribution is 2.58. The number of allylic oxidation sites excluding steroid dienone is 1. The van der Waals surface area contributed by atoms with Crippen molar-refractivity contribution in [2.75, 3.05) is 9.80 Å². The smallest absolute Gasteiger partial charge is 0.159 e. The van der Waals surface area contributed by atoms with Gasteiger partial charge in [0.1, 0.15) is 11.3 Å². The van der Waals surface area contributed by atoms with Crippen LogP contribution in [0.2, 0.25) is 0 Å². The molecule has 6 aromatic heterocycles. The van der Waals surface area contributed by atoms with Crippen LogP contribution in [-0.4, -0.2) is 8.80 Å². The number of anilines is 6. The number of fused-ring (bicyclic) bond motifs is 16. The van der Waals surface area contributed by atoms with Gasteiger partial charge in [-0.3, -0.25) is 0 Å². The monoisotopic (exact) mass is 1240 g/mol. The van der Waals surface area contributed by atoms with E-state index in [-0.39, 0.29) is 0 Å². The van der Waals surface area contributed by atoms with Crippen molar-refractivity contribution < 1.29 is 8.83 Å². The van der Waals surface area contributed by atoms with Crippen molar-refractivity contribution in [1.82, 2.24) is 8.80 Å². The summed E-state index contributed by atoms with van der Waals surface area (Å²) in [5, 5.41) is 12.5. The fourth-order valence-corrected chi connectivity index (χ4v) is 16.5. The van der Waals surface area contributed by atoms with E-state index in [0.29, 0.717) is 0 Å². The zero-order valence-electron chi connectivity index (χ0n) is 52.9. The third-order valence-electron chi connectivity index (χ3n) is 20.2. The van der Waals surface area contributed by atoms with Crippen molar-refractivity contribution in [3.8, 4) is 44.5 Å². The summed E-state index contributed by atoms with van der Waals surface area (Å²) in [6.45, 7) is 6.29. The summed E-state index contributed by atoms with van der Waals surface area (Å²) in [7, 11) is 0. The van der Waals surface area contributed by atoms with Gasteiger partial charge in [0.15, 0.2) is 11.2 Å². The third-order valence-corrected chi connectivity index (χ3v) is 20.2. The molecule has 6 nitrogen and oxygen atoms in total. The molecule has 6 heterocycles. The second kappa shape index (κ2) is 21.3. The SMILES string of the molecule is C=Cc1oc2c(N(c3ccccc3-c3ccccc3)c3cccc4c3c3cccc5c6c(-c7ccccc7)c7c(c(-c8ccccc8)c6n4c35)c3cccc4c5c(N(c6ccccc6-c6ccccc6)c6cccc8c6oc6ccccc68)cccc5n7c43)cccc2c1/C=C\C. The third kappa shape index (κ3) is 7.78. The molecule has 454 valence electrons. The maximum atomic E-state index is 7.02. The Balaban J connectivity index is 0.932. The molecule has 0 bridgehead atoms. The van der Waals surface area contributed by atoms with Crippen molar-refractivity contribution in [2.45, 2.75) is 6.92 Å². The van der Waals surface area contributed by atoms with Gasteiger partial charge in [-0.15, -0.1) is 0 Å². The summed E-state index contributed by atoms with van der Waals surface area (Å²) in [6, 6.07) is 111. The molecular formula is C91H58N4O2. The van der Waals surface area contributed by atoms with Gasteiger partial charge in [0, 0.05) is 87.1 Å². The average Bonchev–Trinajstić information content (AvgIpc) is 1.50. The van der Waals surface area contributed by atoms with Gasteiger partial charge >= 0.3 is 0 Å². The lowest BCUT2D eigenvalue weighted by Crippen LogP contribution is -2.12. The van der Waals surface area contributed by atoms with Crippen LogP contribution in [-0.2, 0) is 0 Å². The number of furan rings is 2. The largest absolute Gasteiger partial charge is 0.454 e. The molecule has 0 fully saturated rings. The van der Waals surface area contributed by atoms with Crippen LogP contribution in [0.1, 0.15) is 18.2 Å². The molecule has 0 radical (unpaired) electrons. The fourth-order valence-electron chi connectivity index (χ4n) is 16.5. The second-order valence-electron chi connectivity index (χ2n) is 25.3. The van der Waals surface area contributed by atoms with Crippen molar-refractivity contribution in [3.63, 3.8) is 0 Å². The van der Waals surface area contributed by atoms with E-state index in [2.05, 4.69) is 341 Å². The zero-order valence-corrected chi connectivity index (χ0v) is 52.9. The van der Waals surface area contributed by atoms with E-state index in [0.717, 1.165) is 155 Å². The molecule has 20 rings (SSSR count). The van der Waals surface area contributed by atoms with Gasteiger partial charge in [0.2, 0.25) is 0 Å². The van der Waals surface area contributed by atoms with Crippen LogP contribution in [0.15, 0.2) is 325 Å². The summed E-state index contributed by atoms with van der Waals surface area (Å²) in [5.41, 5.74) is 25.5. The first-order chi connectivity index (χ1) is 48.1. The minimum Gasteiger partial charge on any atom is -0.454 e. The lowest BCUT2D eigenvalue weighted by molar-refractivity contribution is 0.604. The van der Waals surface area contributed by atoms with Crippen LogP contribution in [0.3, 0.4) is 0 Å². The first-order valence-corrected chi connectivity index (χ1v) is 33.2. The van der Waals surface area contributed by atoms with E-state index in [9.17, 15) is 0 Å². The Morgan fingerprint density at radius 2 is 0.680 bits per heavy atom. The predicted octanol–water partition coefficient (Wildman–Crippen LogP) is 25.9. The molecule has 97 heavy (non-hydrogen) atoms. The van der Waals surface area contributed by atoms with Crippen molar-refractivity contribution in [2.24, 2.45) is 0 Å². The van der Waals surface area contributed by atoms with Crippen LogP contribution < -0.4 is 9.80 Å². The number of para-hydroxylation sites is 7. The maximum Gasteiger partial charge on any atom is 0.159 e. The van der Waals surface area contributed by atoms with Crippen LogP contribution in [0, 0.1) is 0 Å². The number of hydrogen-bond donors (Lipinski definition) is 0. The molecule has 0 saturated heterocycles. The van der Waals surface area contributed by atoms with Crippen molar-refractivity contribution >= 4 is 155 Å². The molecule has 0 spiro atoms. The Hall–Kier alpha value is -12.9. The van der Waals surface area contributed by atoms with E-state index < -0.39 is 0 Å². The number of nitrogens with zero attached hydrogens (tertiary/aromatic N) is 4. The Kier molecular flexibility index (Phi) is 12.0. The molecular weight excluding hydrogens is 1180 g/mol. The van der Waals surface area contributed by atoms with E-state index in [1.54, 1.807) is 0 Å². The van der Waals surface area contributed by atoms with Gasteiger partial charge in [0.05, 0.1) is 67.2 Å². The summed E-state index contributed by atoms with van der Waals surface area (Å²) in [6.07, 6.45) is 6.03. The molecule has 0 unspecified atom stereocenters. The minimum atomic E-state index is 0.733. The van der Waals surface area contributed by atoms with Gasteiger partial charge in [0.25, 0.3) is 0 Å². The van der Waals surface area contributed by atoms with Gasteiger partial charge in [-0.1, -0.05) is 267 Å². The first kappa shape index (κ1) is 54.6. The van der Waals surface area contributed by atoms with Crippen molar-refractivity contribution in [3.05, 3.63) is 327 Å². The van der Waals surface area contributed by atoms with Gasteiger partial charge in [-0.05, 0) is 89.9 Å². The summed E-state index contributed by atoms with van der Waals surface area (Å²) in [4.78, 5) is 4.91. The molecule has 0 aliphatic heterocycles. The van der Waals surface area contributed by atoms with Crippen LogP contribution in [0.4, 0.5) is 34.1 Å². The Bertz CT molecular complexity index is 6590. The Labute approximate surface area is 558 Å². The molecule has 0 aliphatic carbocycles. The zero-order chi connectivity index (χ0) is 64.0. The maximum absolute atomic E-state index is 7.02. The van der Waals surface area contributed by atoms with E-state index in [4.69, 9.17) is 8.83 Å². The molecule has 0 amide bonds. The lowest BCUT2D eigenvalue weighted by Gasteiger charge is -2.29. The Morgan fingerprint density at radius 1 is 0.309 bits per heavy atom. The quantitative estimate of drug-likeness (QED) is 0.122. The number of aromatic nitrogens is 2. The van der Waals surface area contributed by atoms with Crippen molar-refractivity contribution in [1.29, 1.82) is 0 Å². The van der Waals surface area contributed by atoms with E-state index >= 15 is 0 Å². The number of hydrogen-bond acceptors (Lipinski definition) is 4. The van der Waals surface area contributed by atoms with E-state index in [1.807, 2.05) is 13.0 Å². The predicted molar refractivity (Wildman–Crippen MR) is 409 cm³/mol. The molecule has 0 saturated carbocycles. The van der Waals surface area contributed by atoms with Gasteiger partial charge in [-0.2, -0.15) is 0 Å². The van der Waals surface area contributed by atoms with E-state index in [1.165, 1.54) is 43.7 Å². The molecule has 0 atom stereocenters. The molecule has 6 heteroatoms. The number of benzene rings is 14. The topological polar surface area (TPSA) is 41.6 Å². The molecule has 0 aliphatic rings. The van der Waals surface area contributed by atoms with Gasteiger partial charge in [-0.25, -0.2) is 0 Å². The first-order valence-electron chi connectivity index (χ1n) is 33.2. The highest BCUT2D eigenvalue weighted by molar-refractivity contribution is 6.39. The lowest BCUT2D eigenvalue weighted by atomic mass is 9.89. The summed E-state index contributed by atoms with van der Waals surface area (Å²) < 4.78 is 19.3. The number of rotatable bonds is 12. The second-order valence-corrected chi connectivity index (χ2v) is 25.3. The average molecular weight is 1240 g/mol. The summed E-state index contributed by atoms with van der Waals surface area (Å²) >= 11 is 0. The van der Waals surface area contributed by atoms with Crippen LogP contribution >= 0.6 is 0 Å². The molecule has 20 aromatic rings. The molecule has 0 N–H and O–H groups in total. The fraction of sp³-hybridized carbons (Fsp3) is 0.0110. The Morgan fingerprint density at radius 3 is 1.18 bits per heavy atom. The van der Waals surface area contributed by atoms with Crippen LogP contribution in [0.5, 0.6) is 0 Å². The highest BCUT2D eigenvalue weighted by atomic mass is 16.3. The standard InChI is InChI=1S/C91H58N4O2/c1-3-29-62-64-41-25-53-76(90(64)96-78(62)4-2)92(70-47-20-17-38-60(70)56-30-9-5-10-31-56)72-49-27-51-74-82(72)66-43-23-45-68-84-81(59-36-15-8-16-37-59)89-85(80(58-34-13-7-14-35-58)88(84)94(74)86(66)68)69-46-24-44-67-83-73(50-28-52-75(83)95(89)87(67)69)93(71-48-21-18-39-61(71)57-32-11-6-12-33-57)77-54-26-42-65-63-40-19-22-55-79(63)97-91(65)77/h3-55H,2H2,1H3/b29-3-. The normalized spacial score (nSPS) is 12.2. The van der Waals surface area contributed by atoms with Crippen LogP contribution in [0.25, 0.3) is 166 Å². The molecule has 14 aromatic carbocycles. The minimum absolute atomic E-state index is 0.733. The van der Waals surface area contributed by atoms with Gasteiger partial charge < -0.3 is 27.4 Å². The summed E-state index contributed by atoms with van der Waals surface area (Å²) in [5.74, 6) is 0.733. The highest BCUT2D eigenvalue weighted by Gasteiger charge is 2.34.